The van der Waals surface area contributed by atoms with Gasteiger partial charge in [0.25, 0.3) is 0 Å². The summed E-state index contributed by atoms with van der Waals surface area (Å²) in [6.45, 7) is 6.00. The van der Waals surface area contributed by atoms with Gasteiger partial charge in [-0.1, -0.05) is 72.8 Å². The predicted molar refractivity (Wildman–Crippen MR) is 78.1 cm³/mol. The molecule has 0 saturated carbocycles. The first-order chi connectivity index (χ1) is 8.47. The Labute approximate surface area is 104 Å². The molecule has 0 fully saturated rings. The van der Waals surface area contributed by atoms with Crippen LogP contribution in [0.1, 0.15) is 6.42 Å². The van der Waals surface area contributed by atoms with Crippen LogP contribution < -0.4 is 0 Å². The summed E-state index contributed by atoms with van der Waals surface area (Å²) >= 11 is 0. The maximum Gasteiger partial charge on any atom is -0.0163 e. The molecule has 0 heteroatoms. The second-order valence-corrected chi connectivity index (χ2v) is 3.44. The van der Waals surface area contributed by atoms with Gasteiger partial charge in [-0.3, -0.25) is 0 Å². The van der Waals surface area contributed by atoms with Gasteiger partial charge in [-0.25, -0.2) is 0 Å². The lowest BCUT2D eigenvalue weighted by Crippen LogP contribution is -1.67. The van der Waals surface area contributed by atoms with E-state index in [1.807, 2.05) is 0 Å². The molecular weight excluding hydrogens is 204 g/mol. The van der Waals surface area contributed by atoms with Crippen LogP contribution in [-0.2, 0) is 0 Å². The Hall–Kier alpha value is -2.08. The summed E-state index contributed by atoms with van der Waals surface area (Å²) in [5.41, 5.74) is 0. The van der Waals surface area contributed by atoms with Gasteiger partial charge < -0.3 is 0 Å². The molecule has 0 bridgehead atoms. The van der Waals surface area contributed by atoms with Crippen molar-refractivity contribution >= 4 is 10.8 Å². The highest BCUT2D eigenvalue weighted by Crippen LogP contribution is 2.11. The highest BCUT2D eigenvalue weighted by molar-refractivity contribution is 5.81. The van der Waals surface area contributed by atoms with E-state index in [1.165, 1.54) is 10.8 Å². The van der Waals surface area contributed by atoms with E-state index in [4.69, 9.17) is 0 Å². The van der Waals surface area contributed by atoms with Crippen molar-refractivity contribution in [2.75, 3.05) is 0 Å². The van der Waals surface area contributed by atoms with Crippen molar-refractivity contribution in [2.24, 2.45) is 0 Å². The number of rotatable bonds is 0. The molecule has 2 aromatic rings. The number of benzene rings is 2. The van der Waals surface area contributed by atoms with E-state index in [1.54, 1.807) is 0 Å². The topological polar surface area (TPSA) is 0 Å². The fraction of sp³-hybridized carbons (Fsp3) is 0.0588. The highest BCUT2D eigenvalue weighted by atomic mass is 13.9. The molecule has 1 aliphatic carbocycles. The third-order valence-electron chi connectivity index (χ3n) is 2.31. The van der Waals surface area contributed by atoms with E-state index in [2.05, 4.69) is 86.0 Å². The zero-order valence-electron chi connectivity index (χ0n) is 10.0. The Balaban J connectivity index is 0.000000175. The van der Waals surface area contributed by atoms with Crippen molar-refractivity contribution in [2.45, 2.75) is 6.42 Å². The van der Waals surface area contributed by atoms with Crippen LogP contribution in [0, 0.1) is 0 Å². The lowest BCUT2D eigenvalue weighted by atomic mass is 10.1. The lowest BCUT2D eigenvalue weighted by molar-refractivity contribution is 1.45. The quantitative estimate of drug-likeness (QED) is 0.541. The molecule has 0 amide bonds. The summed E-state index contributed by atoms with van der Waals surface area (Å²) in [6.07, 6.45) is 9.50. The smallest absolute Gasteiger partial charge is 0.0163 e. The van der Waals surface area contributed by atoms with Crippen LogP contribution in [0.2, 0.25) is 0 Å². The van der Waals surface area contributed by atoms with E-state index >= 15 is 0 Å². The normalized spacial score (nSPS) is 11.3. The van der Waals surface area contributed by atoms with Gasteiger partial charge in [-0.05, 0) is 17.2 Å². The van der Waals surface area contributed by atoms with Crippen molar-refractivity contribution in [1.29, 1.82) is 0 Å². The van der Waals surface area contributed by atoms with Crippen molar-refractivity contribution in [3.05, 3.63) is 86.0 Å². The largest absolute Gasteiger partial charge is 0.106 e. The Morgan fingerprint density at radius 2 is 1.00 bits per heavy atom. The Morgan fingerprint density at radius 3 is 1.24 bits per heavy atom. The second-order valence-electron chi connectivity index (χ2n) is 3.44. The summed E-state index contributed by atoms with van der Waals surface area (Å²) < 4.78 is 0. The minimum absolute atomic E-state index is 1.14. The standard InChI is InChI=1S/C10H8.C5H6.C2H4/c1-2-6-10-8-4-3-7-9(10)5-1;1-2-4-5-3-1;1-2/h1-8H;1-4H,5H2;1-2H2. The molecule has 0 spiro atoms. The van der Waals surface area contributed by atoms with Crippen molar-refractivity contribution in [3.8, 4) is 0 Å². The molecule has 86 valence electrons. The van der Waals surface area contributed by atoms with Crippen molar-refractivity contribution < 1.29 is 0 Å². The molecular formula is C17H18. The van der Waals surface area contributed by atoms with E-state index < -0.39 is 0 Å². The number of allylic oxidation sites excluding steroid dienone is 4. The van der Waals surface area contributed by atoms with Gasteiger partial charge in [0.15, 0.2) is 0 Å². The summed E-state index contributed by atoms with van der Waals surface area (Å²) in [7, 11) is 0. The third kappa shape index (κ3) is 4.52. The molecule has 1 aliphatic rings. The first kappa shape index (κ1) is 13.0. The van der Waals surface area contributed by atoms with Crippen molar-refractivity contribution in [3.63, 3.8) is 0 Å². The minimum atomic E-state index is 1.14. The molecule has 0 aromatic heterocycles. The highest BCUT2D eigenvalue weighted by Gasteiger charge is 1.85. The summed E-state index contributed by atoms with van der Waals surface area (Å²) in [5, 5.41) is 2.62. The van der Waals surface area contributed by atoms with Gasteiger partial charge in [-0.15, -0.1) is 13.2 Å². The van der Waals surface area contributed by atoms with E-state index in [0.29, 0.717) is 0 Å². The number of fused-ring (bicyclic) bond motifs is 1. The molecule has 0 saturated heterocycles. The monoisotopic (exact) mass is 222 g/mol. The fourth-order valence-electron chi connectivity index (χ4n) is 1.53. The third-order valence-corrected chi connectivity index (χ3v) is 2.31. The van der Waals surface area contributed by atoms with E-state index in [-0.39, 0.29) is 0 Å². The zero-order valence-corrected chi connectivity index (χ0v) is 10.0. The number of hydrogen-bond donors (Lipinski definition) is 0. The molecule has 3 rings (SSSR count). The SMILES string of the molecule is C1=CCC=C1.C=C.c1ccc2ccccc2c1. The van der Waals surface area contributed by atoms with Crippen LogP contribution in [0.4, 0.5) is 0 Å². The van der Waals surface area contributed by atoms with Gasteiger partial charge in [0.2, 0.25) is 0 Å². The minimum Gasteiger partial charge on any atom is -0.106 e. The van der Waals surface area contributed by atoms with Gasteiger partial charge in [0.1, 0.15) is 0 Å². The van der Waals surface area contributed by atoms with Crippen LogP contribution in [0.25, 0.3) is 10.8 Å². The van der Waals surface area contributed by atoms with Crippen LogP contribution in [0.5, 0.6) is 0 Å². The Kier molecular flexibility index (Phi) is 6.20. The van der Waals surface area contributed by atoms with Gasteiger partial charge in [-0.2, -0.15) is 0 Å². The first-order valence-corrected chi connectivity index (χ1v) is 5.72. The molecule has 0 nitrogen and oxygen atoms in total. The van der Waals surface area contributed by atoms with Gasteiger partial charge >= 0.3 is 0 Å². The molecule has 0 radical (unpaired) electrons. The molecule has 17 heavy (non-hydrogen) atoms. The molecule has 0 unspecified atom stereocenters. The summed E-state index contributed by atoms with van der Waals surface area (Å²) in [4.78, 5) is 0. The van der Waals surface area contributed by atoms with Gasteiger partial charge in [0.05, 0.1) is 0 Å². The Bertz CT molecular complexity index is 417. The molecule has 0 N–H and O–H groups in total. The second kappa shape index (κ2) is 8.12. The predicted octanol–water partition coefficient (Wildman–Crippen LogP) is 5.14. The average molecular weight is 222 g/mol. The lowest BCUT2D eigenvalue weighted by Gasteiger charge is -1.92. The van der Waals surface area contributed by atoms with E-state index in [0.717, 1.165) is 6.42 Å². The molecule has 0 atom stereocenters. The summed E-state index contributed by atoms with van der Waals surface area (Å²) in [5.74, 6) is 0. The molecule has 2 aromatic carbocycles. The Morgan fingerprint density at radius 1 is 0.647 bits per heavy atom. The fourth-order valence-corrected chi connectivity index (χ4v) is 1.53. The van der Waals surface area contributed by atoms with Crippen LogP contribution in [0.3, 0.4) is 0 Å². The van der Waals surface area contributed by atoms with Crippen LogP contribution in [-0.4, -0.2) is 0 Å². The maximum absolute atomic E-state index is 3.00. The first-order valence-electron chi connectivity index (χ1n) is 5.72. The zero-order chi connectivity index (χ0) is 12.3. The molecule has 0 aliphatic heterocycles. The van der Waals surface area contributed by atoms with Crippen LogP contribution in [0.15, 0.2) is 86.0 Å². The van der Waals surface area contributed by atoms with Crippen LogP contribution >= 0.6 is 0 Å². The van der Waals surface area contributed by atoms with E-state index in [9.17, 15) is 0 Å². The maximum atomic E-state index is 3.00. The average Bonchev–Trinajstić information content (AvgIpc) is 3.00. The van der Waals surface area contributed by atoms with Gasteiger partial charge in [0, 0.05) is 0 Å². The summed E-state index contributed by atoms with van der Waals surface area (Å²) in [6, 6.07) is 16.7. The number of hydrogen-bond acceptors (Lipinski definition) is 0. The van der Waals surface area contributed by atoms with Crippen molar-refractivity contribution in [1.82, 2.24) is 0 Å². The molecule has 0 heterocycles.